The molecule has 0 saturated carbocycles. The minimum Gasteiger partial charge on any atom is -0.492 e. The van der Waals surface area contributed by atoms with Crippen molar-refractivity contribution in [3.63, 3.8) is 0 Å². The van der Waals surface area contributed by atoms with Crippen LogP contribution in [0, 0.1) is 0 Å². The summed E-state index contributed by atoms with van der Waals surface area (Å²) in [5.74, 6) is 2.21. The average molecular weight is 470 g/mol. The van der Waals surface area contributed by atoms with E-state index in [2.05, 4.69) is 22.7 Å². The summed E-state index contributed by atoms with van der Waals surface area (Å²) in [6, 6.07) is 7.86. The number of hydrogen-bond acceptors (Lipinski definition) is 7. The first-order chi connectivity index (χ1) is 14.4. The number of thioether (sulfide) groups is 1. The van der Waals surface area contributed by atoms with Crippen molar-refractivity contribution in [1.82, 2.24) is 4.90 Å². The maximum atomic E-state index is 11.7. The number of benzene rings is 1. The maximum absolute atomic E-state index is 11.7. The van der Waals surface area contributed by atoms with Crippen LogP contribution >= 0.6 is 33.3 Å². The van der Waals surface area contributed by atoms with Crippen molar-refractivity contribution in [2.75, 3.05) is 32.5 Å². The molecular formula is C23H35NO3S3. The number of rotatable bonds is 14. The van der Waals surface area contributed by atoms with Crippen molar-refractivity contribution in [3.8, 4) is 5.75 Å². The zero-order chi connectivity index (χ0) is 21.8. The van der Waals surface area contributed by atoms with Gasteiger partial charge in [0.25, 0.3) is 0 Å². The lowest BCUT2D eigenvalue weighted by atomic mass is 10.1. The summed E-state index contributed by atoms with van der Waals surface area (Å²) in [4.78, 5) is 25.4. The Hall–Kier alpha value is -0.630. The van der Waals surface area contributed by atoms with Gasteiger partial charge in [-0.25, -0.2) is 0 Å². The van der Waals surface area contributed by atoms with Crippen molar-refractivity contribution < 1.29 is 14.3 Å². The summed E-state index contributed by atoms with van der Waals surface area (Å²) in [6.45, 7) is 5.75. The minimum atomic E-state index is -0.307. The van der Waals surface area contributed by atoms with Crippen LogP contribution in [-0.2, 0) is 16.0 Å². The van der Waals surface area contributed by atoms with Crippen molar-refractivity contribution >= 4 is 44.2 Å². The van der Waals surface area contributed by atoms with E-state index in [9.17, 15) is 9.59 Å². The molecule has 0 N–H and O–H groups in total. The molecule has 2 rings (SSSR count). The van der Waals surface area contributed by atoms with Crippen molar-refractivity contribution in [2.24, 2.45) is 0 Å². The molecule has 7 heteroatoms. The van der Waals surface area contributed by atoms with Gasteiger partial charge in [0.1, 0.15) is 18.1 Å². The van der Waals surface area contributed by atoms with Gasteiger partial charge >= 0.3 is 0 Å². The van der Waals surface area contributed by atoms with Crippen LogP contribution in [0.1, 0.15) is 51.5 Å². The van der Waals surface area contributed by atoms with E-state index in [1.54, 1.807) is 6.92 Å². The lowest BCUT2D eigenvalue weighted by molar-refractivity contribution is -0.117. The lowest BCUT2D eigenvalue weighted by Crippen LogP contribution is -2.25. The van der Waals surface area contributed by atoms with Crippen LogP contribution in [0.3, 0.4) is 0 Å². The first kappa shape index (κ1) is 25.6. The van der Waals surface area contributed by atoms with Gasteiger partial charge in [-0.2, -0.15) is 0 Å². The van der Waals surface area contributed by atoms with E-state index in [1.165, 1.54) is 44.8 Å². The predicted octanol–water partition coefficient (Wildman–Crippen LogP) is 5.49. The van der Waals surface area contributed by atoms with Gasteiger partial charge in [0.2, 0.25) is 0 Å². The predicted molar refractivity (Wildman–Crippen MR) is 133 cm³/mol. The molecular weight excluding hydrogens is 434 g/mol. The number of Topliss-reactive ketones (excluding diaryl/α,β-unsaturated/α-hetero) is 1. The minimum absolute atomic E-state index is 0.0220. The number of carbonyl (C=O) groups excluding carboxylic acids is 2. The molecule has 1 fully saturated rings. The first-order valence-electron chi connectivity index (χ1n) is 10.8. The number of carbonyl (C=O) groups is 2. The molecule has 30 heavy (non-hydrogen) atoms. The van der Waals surface area contributed by atoms with Crippen LogP contribution in [0.15, 0.2) is 24.3 Å². The van der Waals surface area contributed by atoms with Crippen molar-refractivity contribution in [2.45, 2.75) is 62.9 Å². The Morgan fingerprint density at radius 1 is 1.17 bits per heavy atom. The van der Waals surface area contributed by atoms with Gasteiger partial charge < -0.3 is 9.64 Å². The van der Waals surface area contributed by atoms with Crippen LogP contribution in [0.25, 0.3) is 0 Å². The number of likely N-dealkylation sites (N-methyl/N-ethyl adjacent to an activating group) is 1. The van der Waals surface area contributed by atoms with Gasteiger partial charge in [0.15, 0.2) is 5.12 Å². The Bertz CT molecular complexity index is 648. The van der Waals surface area contributed by atoms with Crippen LogP contribution in [0.4, 0.5) is 0 Å². The molecule has 4 nitrogen and oxygen atoms in total. The molecule has 1 aromatic carbocycles. The van der Waals surface area contributed by atoms with Crippen LogP contribution in [0.2, 0.25) is 0 Å². The summed E-state index contributed by atoms with van der Waals surface area (Å²) in [5, 5.41) is 0.568. The molecule has 0 radical (unpaired) electrons. The summed E-state index contributed by atoms with van der Waals surface area (Å²) < 4.78 is 5.87. The fourth-order valence-electron chi connectivity index (χ4n) is 3.33. The SMILES string of the molecule is CC(=O)SC(Cc1ccc(OCCN(C)CCCCCC2CCSS2)cc1)C(C)=O. The summed E-state index contributed by atoms with van der Waals surface area (Å²) >= 11 is 1.11. The summed E-state index contributed by atoms with van der Waals surface area (Å²) in [6.07, 6.45) is 7.26. The van der Waals surface area contributed by atoms with E-state index in [-0.39, 0.29) is 16.1 Å². The van der Waals surface area contributed by atoms with Crippen LogP contribution in [0.5, 0.6) is 5.75 Å². The van der Waals surface area contributed by atoms with E-state index in [1.807, 2.05) is 35.1 Å². The molecule has 0 spiro atoms. The third kappa shape index (κ3) is 10.6. The number of unbranched alkanes of at least 4 members (excludes halogenated alkanes) is 2. The van der Waals surface area contributed by atoms with Crippen LogP contribution in [-0.4, -0.2) is 58.8 Å². The zero-order valence-electron chi connectivity index (χ0n) is 18.4. The second kappa shape index (κ2) is 14.4. The number of hydrogen-bond donors (Lipinski definition) is 0. The monoisotopic (exact) mass is 469 g/mol. The van der Waals surface area contributed by atoms with Gasteiger partial charge in [-0.3, -0.25) is 9.59 Å². The molecule has 1 aliphatic heterocycles. The fraction of sp³-hybridized carbons (Fsp3) is 0.652. The largest absolute Gasteiger partial charge is 0.492 e. The highest BCUT2D eigenvalue weighted by Gasteiger charge is 2.18. The fourth-order valence-corrected chi connectivity index (χ4v) is 7.20. The lowest BCUT2D eigenvalue weighted by Gasteiger charge is -2.17. The Kier molecular flexibility index (Phi) is 12.3. The standard InChI is InChI=1S/C23H35NO3S3/c1-18(25)23(29-19(2)26)17-20-8-10-21(11-9-20)27-15-14-24(3)13-6-4-5-7-22-12-16-28-30-22/h8-11,22-23H,4-7,12-17H2,1-3H3. The number of ketones is 1. The summed E-state index contributed by atoms with van der Waals surface area (Å²) in [7, 11) is 6.27. The Balaban J connectivity index is 1.58. The molecule has 1 aromatic rings. The van der Waals surface area contributed by atoms with E-state index in [0.29, 0.717) is 13.0 Å². The van der Waals surface area contributed by atoms with Gasteiger partial charge in [-0.05, 0) is 63.9 Å². The third-order valence-corrected chi connectivity index (χ3v) is 9.26. The van der Waals surface area contributed by atoms with Gasteiger partial charge in [0.05, 0.1) is 5.25 Å². The Morgan fingerprint density at radius 3 is 2.57 bits per heavy atom. The van der Waals surface area contributed by atoms with E-state index < -0.39 is 0 Å². The topological polar surface area (TPSA) is 46.6 Å². The molecule has 1 aliphatic rings. The highest BCUT2D eigenvalue weighted by molar-refractivity contribution is 8.77. The third-order valence-electron chi connectivity index (χ3n) is 5.14. The van der Waals surface area contributed by atoms with Crippen molar-refractivity contribution in [1.29, 1.82) is 0 Å². The van der Waals surface area contributed by atoms with E-state index in [0.717, 1.165) is 41.4 Å². The second-order valence-corrected chi connectivity index (χ2v) is 12.1. The molecule has 0 aromatic heterocycles. The van der Waals surface area contributed by atoms with Gasteiger partial charge in [-0.15, -0.1) is 0 Å². The summed E-state index contributed by atoms with van der Waals surface area (Å²) in [5.41, 5.74) is 1.04. The maximum Gasteiger partial charge on any atom is 0.186 e. The van der Waals surface area contributed by atoms with E-state index in [4.69, 9.17) is 4.74 Å². The molecule has 2 unspecified atom stereocenters. The highest BCUT2D eigenvalue weighted by atomic mass is 33.1. The Morgan fingerprint density at radius 2 is 1.93 bits per heavy atom. The molecule has 1 heterocycles. The quantitative estimate of drug-likeness (QED) is 0.264. The molecule has 1 saturated heterocycles. The van der Waals surface area contributed by atoms with Crippen molar-refractivity contribution in [3.05, 3.63) is 29.8 Å². The molecule has 0 amide bonds. The Labute approximate surface area is 194 Å². The molecule has 2 atom stereocenters. The van der Waals surface area contributed by atoms with Gasteiger partial charge in [0, 0.05) is 24.5 Å². The van der Waals surface area contributed by atoms with Crippen LogP contribution < -0.4 is 4.74 Å². The first-order valence-corrected chi connectivity index (χ1v) is 14.1. The number of ether oxygens (including phenoxy) is 1. The number of nitrogens with zero attached hydrogens (tertiary/aromatic N) is 1. The second-order valence-electron chi connectivity index (χ2n) is 7.89. The average Bonchev–Trinajstić information content (AvgIpc) is 3.21. The molecule has 168 valence electrons. The normalized spacial score (nSPS) is 17.3. The highest BCUT2D eigenvalue weighted by Crippen LogP contribution is 2.39. The van der Waals surface area contributed by atoms with Gasteiger partial charge in [-0.1, -0.05) is 58.3 Å². The molecule has 0 bridgehead atoms. The molecule has 0 aliphatic carbocycles. The smallest absolute Gasteiger partial charge is 0.186 e. The zero-order valence-corrected chi connectivity index (χ0v) is 20.9. The van der Waals surface area contributed by atoms with E-state index >= 15 is 0 Å².